The molecule has 7 heteroatoms. The normalized spacial score (nSPS) is 10.9. The maximum atomic E-state index is 14.9. The van der Waals surface area contributed by atoms with Gasteiger partial charge in [0.15, 0.2) is 11.5 Å². The van der Waals surface area contributed by atoms with Crippen LogP contribution in [0, 0.1) is 5.82 Å². The number of halogens is 1. The summed E-state index contributed by atoms with van der Waals surface area (Å²) in [5.41, 5.74) is 2.74. The molecule has 1 amide bonds. The lowest BCUT2D eigenvalue weighted by atomic mass is 10.1. The van der Waals surface area contributed by atoms with Crippen LogP contribution in [0.15, 0.2) is 60.8 Å². The van der Waals surface area contributed by atoms with Crippen LogP contribution in [0.5, 0.6) is 5.88 Å². The number of nitrogens with one attached hydrogen (secondary N) is 1. The molecule has 30 heavy (non-hydrogen) atoms. The number of hydrogen-bond acceptors (Lipinski definition) is 4. The van der Waals surface area contributed by atoms with Gasteiger partial charge >= 0.3 is 0 Å². The number of fused-ring (bicyclic) bond motifs is 1. The lowest BCUT2D eigenvalue weighted by Gasteiger charge is -2.19. The van der Waals surface area contributed by atoms with Gasteiger partial charge < -0.3 is 9.64 Å². The molecule has 4 rings (SSSR count). The highest BCUT2D eigenvalue weighted by atomic mass is 19.1. The van der Waals surface area contributed by atoms with E-state index in [-0.39, 0.29) is 18.1 Å². The average molecular weight is 404 g/mol. The van der Waals surface area contributed by atoms with Gasteiger partial charge in [0.05, 0.1) is 18.3 Å². The largest absolute Gasteiger partial charge is 0.478 e. The van der Waals surface area contributed by atoms with Crippen molar-refractivity contribution in [2.45, 2.75) is 13.5 Å². The molecule has 0 aliphatic heterocycles. The summed E-state index contributed by atoms with van der Waals surface area (Å²) in [5, 5.41) is 7.92. The van der Waals surface area contributed by atoms with Crippen LogP contribution in [-0.4, -0.2) is 39.6 Å². The van der Waals surface area contributed by atoms with Gasteiger partial charge in [0.1, 0.15) is 0 Å². The standard InChI is InChI=1S/C23H21FN4O2/c1-3-30-22-18(15-8-5-4-6-9-15)12-19(24)21(26-22)23(29)28(2)14-17-11-7-10-16-13-25-27-20(16)17/h4-13H,3,14H2,1-2H3,(H,25,27). The highest BCUT2D eigenvalue weighted by molar-refractivity contribution is 5.93. The number of pyridine rings is 1. The molecule has 6 nitrogen and oxygen atoms in total. The maximum absolute atomic E-state index is 14.9. The van der Waals surface area contributed by atoms with E-state index in [1.807, 2.05) is 55.5 Å². The van der Waals surface area contributed by atoms with Crippen LogP contribution in [-0.2, 0) is 6.54 Å². The van der Waals surface area contributed by atoms with Crippen LogP contribution in [0.2, 0.25) is 0 Å². The van der Waals surface area contributed by atoms with Gasteiger partial charge in [0.25, 0.3) is 5.91 Å². The Morgan fingerprint density at radius 3 is 2.73 bits per heavy atom. The number of hydrogen-bond donors (Lipinski definition) is 1. The Morgan fingerprint density at radius 1 is 1.17 bits per heavy atom. The summed E-state index contributed by atoms with van der Waals surface area (Å²) in [7, 11) is 1.62. The number of ether oxygens (including phenoxy) is 1. The average Bonchev–Trinajstić information content (AvgIpc) is 3.25. The molecule has 2 aromatic carbocycles. The number of para-hydroxylation sites is 1. The second kappa shape index (κ2) is 8.32. The quantitative estimate of drug-likeness (QED) is 0.516. The number of nitrogens with zero attached hydrogens (tertiary/aromatic N) is 3. The first kappa shape index (κ1) is 19.6. The summed E-state index contributed by atoms with van der Waals surface area (Å²) in [6.07, 6.45) is 1.72. The van der Waals surface area contributed by atoms with Gasteiger partial charge in [0, 0.05) is 24.5 Å². The molecule has 0 aliphatic carbocycles. The van der Waals surface area contributed by atoms with Crippen molar-refractivity contribution in [2.24, 2.45) is 0 Å². The number of rotatable bonds is 6. The molecular weight excluding hydrogens is 383 g/mol. The minimum Gasteiger partial charge on any atom is -0.478 e. The van der Waals surface area contributed by atoms with E-state index < -0.39 is 11.7 Å². The molecule has 0 aliphatic rings. The number of aromatic nitrogens is 3. The van der Waals surface area contributed by atoms with Crippen LogP contribution in [0.4, 0.5) is 4.39 Å². The van der Waals surface area contributed by atoms with Crippen LogP contribution < -0.4 is 4.74 Å². The molecule has 152 valence electrons. The molecule has 0 unspecified atom stereocenters. The van der Waals surface area contributed by atoms with Crippen molar-refractivity contribution in [3.63, 3.8) is 0 Å². The zero-order valence-electron chi connectivity index (χ0n) is 16.7. The lowest BCUT2D eigenvalue weighted by Crippen LogP contribution is -2.28. The Hall–Kier alpha value is -3.74. The minimum atomic E-state index is -0.686. The molecule has 2 heterocycles. The molecule has 1 N–H and O–H groups in total. The summed E-state index contributed by atoms with van der Waals surface area (Å²) in [6, 6.07) is 16.3. The van der Waals surface area contributed by atoms with Gasteiger partial charge in [-0.1, -0.05) is 48.5 Å². The van der Waals surface area contributed by atoms with E-state index in [4.69, 9.17) is 4.74 Å². The van der Waals surface area contributed by atoms with Crippen LogP contribution in [0.3, 0.4) is 0 Å². The summed E-state index contributed by atoms with van der Waals surface area (Å²) in [4.78, 5) is 18.7. The van der Waals surface area contributed by atoms with Crippen LogP contribution >= 0.6 is 0 Å². The van der Waals surface area contributed by atoms with Crippen molar-refractivity contribution >= 4 is 16.8 Å². The Kier molecular flexibility index (Phi) is 5.43. The van der Waals surface area contributed by atoms with Gasteiger partial charge in [-0.05, 0) is 24.1 Å². The number of H-pyrrole nitrogens is 1. The number of carbonyl (C=O) groups excluding carboxylic acids is 1. The Labute approximate surface area is 173 Å². The van der Waals surface area contributed by atoms with Crippen LogP contribution in [0.25, 0.3) is 22.0 Å². The first-order chi connectivity index (χ1) is 14.6. The SMILES string of the molecule is CCOc1nc(C(=O)N(C)Cc2cccc3cn[nH]c23)c(F)cc1-c1ccccc1. The van der Waals surface area contributed by atoms with Gasteiger partial charge in [-0.3, -0.25) is 9.89 Å². The highest BCUT2D eigenvalue weighted by Crippen LogP contribution is 2.30. The van der Waals surface area contributed by atoms with Crippen molar-refractivity contribution in [1.29, 1.82) is 0 Å². The number of benzene rings is 2. The first-order valence-electron chi connectivity index (χ1n) is 9.63. The summed E-state index contributed by atoms with van der Waals surface area (Å²) in [5.74, 6) is -0.976. The fourth-order valence-electron chi connectivity index (χ4n) is 3.36. The molecular formula is C23H21FN4O2. The molecule has 0 saturated carbocycles. The second-order valence-electron chi connectivity index (χ2n) is 6.88. The van der Waals surface area contributed by atoms with E-state index in [1.54, 1.807) is 13.2 Å². The van der Waals surface area contributed by atoms with Crippen molar-refractivity contribution in [3.8, 4) is 17.0 Å². The molecule has 0 saturated heterocycles. The summed E-state index contributed by atoms with van der Waals surface area (Å²) in [6.45, 7) is 2.45. The second-order valence-corrected chi connectivity index (χ2v) is 6.88. The Bertz CT molecular complexity index is 1190. The van der Waals surface area contributed by atoms with E-state index in [9.17, 15) is 9.18 Å². The highest BCUT2D eigenvalue weighted by Gasteiger charge is 2.23. The molecule has 4 aromatic rings. The smallest absolute Gasteiger partial charge is 0.275 e. The third kappa shape index (κ3) is 3.74. The maximum Gasteiger partial charge on any atom is 0.275 e. The monoisotopic (exact) mass is 404 g/mol. The third-order valence-corrected chi connectivity index (χ3v) is 4.83. The van der Waals surface area contributed by atoms with Gasteiger partial charge in [-0.15, -0.1) is 0 Å². The number of aromatic amines is 1. The summed E-state index contributed by atoms with van der Waals surface area (Å²) >= 11 is 0. The summed E-state index contributed by atoms with van der Waals surface area (Å²) < 4.78 is 20.5. The molecule has 0 radical (unpaired) electrons. The van der Waals surface area contributed by atoms with Crippen molar-refractivity contribution in [2.75, 3.05) is 13.7 Å². The van der Waals surface area contributed by atoms with Crippen molar-refractivity contribution < 1.29 is 13.9 Å². The Balaban J connectivity index is 1.66. The van der Waals surface area contributed by atoms with Gasteiger partial charge in [-0.25, -0.2) is 9.37 Å². The van der Waals surface area contributed by atoms with Crippen molar-refractivity contribution in [3.05, 3.63) is 77.9 Å². The zero-order chi connectivity index (χ0) is 21.1. The van der Waals surface area contributed by atoms with E-state index in [1.165, 1.54) is 11.0 Å². The lowest BCUT2D eigenvalue weighted by molar-refractivity contribution is 0.0773. The topological polar surface area (TPSA) is 71.1 Å². The van der Waals surface area contributed by atoms with E-state index in [0.717, 1.165) is 22.0 Å². The van der Waals surface area contributed by atoms with E-state index in [0.29, 0.717) is 12.2 Å². The number of amides is 1. The predicted octanol–water partition coefficient (Wildman–Crippen LogP) is 4.43. The fourth-order valence-corrected chi connectivity index (χ4v) is 3.36. The first-order valence-corrected chi connectivity index (χ1v) is 9.63. The molecule has 2 aromatic heterocycles. The molecule has 0 atom stereocenters. The minimum absolute atomic E-state index is 0.234. The molecule has 0 spiro atoms. The Morgan fingerprint density at radius 2 is 1.97 bits per heavy atom. The molecule has 0 bridgehead atoms. The van der Waals surface area contributed by atoms with Crippen LogP contribution in [0.1, 0.15) is 23.0 Å². The fraction of sp³-hybridized carbons (Fsp3) is 0.174. The van der Waals surface area contributed by atoms with E-state index >= 15 is 0 Å². The molecule has 0 fully saturated rings. The van der Waals surface area contributed by atoms with Crippen molar-refractivity contribution in [1.82, 2.24) is 20.1 Å². The van der Waals surface area contributed by atoms with Gasteiger partial charge in [-0.2, -0.15) is 5.10 Å². The third-order valence-electron chi connectivity index (χ3n) is 4.83. The van der Waals surface area contributed by atoms with E-state index in [2.05, 4.69) is 15.2 Å². The number of carbonyl (C=O) groups is 1. The predicted molar refractivity (Wildman–Crippen MR) is 113 cm³/mol. The van der Waals surface area contributed by atoms with Gasteiger partial charge in [0.2, 0.25) is 5.88 Å². The zero-order valence-corrected chi connectivity index (χ0v) is 16.7.